The lowest BCUT2D eigenvalue weighted by Crippen LogP contribution is -2.65. The Bertz CT molecular complexity index is 1560. The second-order valence-electron chi connectivity index (χ2n) is 12.1. The van der Waals surface area contributed by atoms with Gasteiger partial charge in [0.1, 0.15) is 28.6 Å². The van der Waals surface area contributed by atoms with Gasteiger partial charge in [-0.25, -0.2) is 0 Å². The standard InChI is InChI=1S/C31H35N3O8/c1-33(2)25-20-12-15-11-19-18(16-10-17(42-14-16)13-34-8-4-3-5-9-34)6-7-21(35)23(19)26(36)22(15)28(38)31(20,41)29(39)24(27(25)37)30(32)40/h6-7,10,14-15,20,25,35-36,39,41H,3-5,8-9,11-13H2,1-2H3,(H2,32,40)/t15?,20?,25-,31-/m0/s1. The van der Waals surface area contributed by atoms with Crippen molar-refractivity contribution in [3.8, 4) is 16.9 Å². The molecule has 1 aromatic heterocycles. The quantitative estimate of drug-likeness (QED) is 0.331. The Morgan fingerprint density at radius 1 is 1.14 bits per heavy atom. The summed E-state index contributed by atoms with van der Waals surface area (Å²) in [4.78, 5) is 43.3. The number of phenols is 1. The summed E-state index contributed by atoms with van der Waals surface area (Å²) in [7, 11) is 3.15. The van der Waals surface area contributed by atoms with Crippen molar-refractivity contribution in [1.82, 2.24) is 9.80 Å². The molecule has 3 aliphatic carbocycles. The smallest absolute Gasteiger partial charge is 0.255 e. The normalized spacial score (nSPS) is 28.1. The number of hydrogen-bond donors (Lipinski definition) is 5. The van der Waals surface area contributed by atoms with Gasteiger partial charge in [0.2, 0.25) is 5.78 Å². The summed E-state index contributed by atoms with van der Waals surface area (Å²) in [6, 6.07) is 3.98. The van der Waals surface area contributed by atoms with E-state index >= 15 is 0 Å². The largest absolute Gasteiger partial charge is 0.508 e. The van der Waals surface area contributed by atoms with Crippen LogP contribution in [0.1, 0.15) is 42.6 Å². The van der Waals surface area contributed by atoms with Crippen LogP contribution >= 0.6 is 0 Å². The number of likely N-dealkylation sites (tertiary alicyclic amines) is 1. The van der Waals surface area contributed by atoms with Crippen molar-refractivity contribution >= 4 is 23.2 Å². The summed E-state index contributed by atoms with van der Waals surface area (Å²) in [5.74, 6) is -5.91. The second-order valence-corrected chi connectivity index (χ2v) is 12.1. The van der Waals surface area contributed by atoms with Gasteiger partial charge in [0, 0.05) is 17.1 Å². The fourth-order valence-corrected chi connectivity index (χ4v) is 7.46. The number of hydrogen-bond acceptors (Lipinski definition) is 10. The zero-order valence-corrected chi connectivity index (χ0v) is 23.6. The second kappa shape index (κ2) is 10.1. The maximum absolute atomic E-state index is 14.0. The highest BCUT2D eigenvalue weighted by Crippen LogP contribution is 2.53. The molecule has 2 aromatic rings. The molecule has 4 aliphatic rings. The highest BCUT2D eigenvalue weighted by atomic mass is 16.3. The number of nitrogens with zero attached hydrogens (tertiary/aromatic N) is 2. The number of aromatic hydroxyl groups is 1. The maximum Gasteiger partial charge on any atom is 0.255 e. The summed E-state index contributed by atoms with van der Waals surface area (Å²) in [6.07, 6.45) is 5.42. The average Bonchev–Trinajstić information content (AvgIpc) is 3.39. The zero-order valence-electron chi connectivity index (χ0n) is 23.6. The summed E-state index contributed by atoms with van der Waals surface area (Å²) in [5, 5.41) is 45.1. The monoisotopic (exact) mass is 577 g/mol. The molecular weight excluding hydrogens is 542 g/mol. The Hall–Kier alpha value is -3.93. The lowest BCUT2D eigenvalue weighted by Gasteiger charge is -2.50. The van der Waals surface area contributed by atoms with E-state index in [0.29, 0.717) is 12.1 Å². The number of aliphatic hydroxyl groups is 3. The van der Waals surface area contributed by atoms with Crippen molar-refractivity contribution < 1.29 is 39.2 Å². The average molecular weight is 578 g/mol. The molecule has 42 heavy (non-hydrogen) atoms. The van der Waals surface area contributed by atoms with Crippen LogP contribution in [0.2, 0.25) is 0 Å². The van der Waals surface area contributed by atoms with E-state index in [1.54, 1.807) is 26.4 Å². The van der Waals surface area contributed by atoms with E-state index in [9.17, 15) is 34.8 Å². The number of ketones is 2. The summed E-state index contributed by atoms with van der Waals surface area (Å²) in [5.41, 5.74) is 3.86. The Kier molecular flexibility index (Phi) is 6.79. The molecule has 6 N–H and O–H groups in total. The van der Waals surface area contributed by atoms with Crippen LogP contribution < -0.4 is 5.73 Å². The lowest BCUT2D eigenvalue weighted by molar-refractivity contribution is -0.153. The van der Waals surface area contributed by atoms with Crippen molar-refractivity contribution in [2.75, 3.05) is 27.2 Å². The molecule has 0 radical (unpaired) electrons. The lowest BCUT2D eigenvalue weighted by atomic mass is 9.57. The van der Waals surface area contributed by atoms with Crippen LogP contribution in [-0.4, -0.2) is 86.5 Å². The van der Waals surface area contributed by atoms with E-state index in [1.807, 2.05) is 6.07 Å². The third-order valence-electron chi connectivity index (χ3n) is 9.40. The molecule has 1 amide bonds. The summed E-state index contributed by atoms with van der Waals surface area (Å²) < 4.78 is 5.89. The van der Waals surface area contributed by atoms with Crippen LogP contribution in [0.3, 0.4) is 0 Å². The predicted molar refractivity (Wildman–Crippen MR) is 151 cm³/mol. The number of nitrogens with two attached hydrogens (primary N) is 1. The fourth-order valence-electron chi connectivity index (χ4n) is 7.46. The first kappa shape index (κ1) is 28.2. The molecule has 6 rings (SSSR count). The van der Waals surface area contributed by atoms with Gasteiger partial charge in [0.25, 0.3) is 5.91 Å². The first-order chi connectivity index (χ1) is 19.9. The number of carbonyl (C=O) groups is 3. The number of furan rings is 1. The van der Waals surface area contributed by atoms with E-state index in [1.165, 1.54) is 17.4 Å². The van der Waals surface area contributed by atoms with Crippen LogP contribution in [0.4, 0.5) is 0 Å². The summed E-state index contributed by atoms with van der Waals surface area (Å²) >= 11 is 0. The van der Waals surface area contributed by atoms with Gasteiger partial charge >= 0.3 is 0 Å². The van der Waals surface area contributed by atoms with E-state index in [2.05, 4.69) is 4.90 Å². The molecule has 0 bridgehead atoms. The molecule has 4 atom stereocenters. The SMILES string of the molecule is CN(C)[C@@H]1C(=O)C(C(N)=O)=C(O)[C@@]2(O)C(=O)C3=C(O)c4c(O)ccc(-c5coc(CN6CCCCC6)c5)c4CC3CC12. The van der Waals surface area contributed by atoms with Crippen molar-refractivity contribution in [3.05, 3.63) is 58.3 Å². The third kappa shape index (κ3) is 4.10. The number of likely N-dealkylation sites (N-methyl/N-ethyl adjacent to an activating group) is 1. The number of amides is 1. The number of fused-ring (bicyclic) bond motifs is 3. The van der Waals surface area contributed by atoms with Crippen LogP contribution in [-0.2, 0) is 27.3 Å². The van der Waals surface area contributed by atoms with Crippen molar-refractivity contribution in [2.24, 2.45) is 17.6 Å². The minimum atomic E-state index is -2.66. The first-order valence-electron chi connectivity index (χ1n) is 14.2. The number of aliphatic hydroxyl groups excluding tert-OH is 2. The number of primary amides is 1. The van der Waals surface area contributed by atoms with E-state index in [4.69, 9.17) is 10.2 Å². The van der Waals surface area contributed by atoms with Gasteiger partial charge in [0.15, 0.2) is 11.4 Å². The third-order valence-corrected chi connectivity index (χ3v) is 9.40. The van der Waals surface area contributed by atoms with Crippen LogP contribution in [0.25, 0.3) is 16.9 Å². The van der Waals surface area contributed by atoms with Crippen LogP contribution in [0.5, 0.6) is 5.75 Å². The van der Waals surface area contributed by atoms with Crippen LogP contribution in [0.15, 0.2) is 45.8 Å². The molecule has 2 fully saturated rings. The van der Waals surface area contributed by atoms with Crippen LogP contribution in [0, 0.1) is 11.8 Å². The van der Waals surface area contributed by atoms with Gasteiger partial charge in [-0.3, -0.25) is 24.2 Å². The predicted octanol–water partition coefficient (Wildman–Crippen LogP) is 2.21. The van der Waals surface area contributed by atoms with E-state index in [-0.39, 0.29) is 29.7 Å². The number of benzene rings is 1. The molecule has 0 spiro atoms. The minimum Gasteiger partial charge on any atom is -0.508 e. The molecule has 1 saturated heterocycles. The molecular formula is C31H35N3O8. The van der Waals surface area contributed by atoms with E-state index in [0.717, 1.165) is 42.8 Å². The fraction of sp³-hybridized carbons (Fsp3) is 0.452. The van der Waals surface area contributed by atoms with Crippen molar-refractivity contribution in [1.29, 1.82) is 0 Å². The van der Waals surface area contributed by atoms with Gasteiger partial charge in [-0.2, -0.15) is 0 Å². The van der Waals surface area contributed by atoms with Crippen molar-refractivity contribution in [2.45, 2.75) is 50.3 Å². The summed E-state index contributed by atoms with van der Waals surface area (Å²) in [6.45, 7) is 2.70. The van der Waals surface area contributed by atoms with Gasteiger partial charge in [-0.15, -0.1) is 0 Å². The number of Topliss-reactive ketones (excluding diaryl/α,β-unsaturated/α-hetero) is 2. The zero-order chi connectivity index (χ0) is 30.1. The minimum absolute atomic E-state index is 0.0342. The van der Waals surface area contributed by atoms with Gasteiger partial charge in [-0.05, 0) is 82.0 Å². The number of carbonyl (C=O) groups excluding carboxylic acids is 3. The Morgan fingerprint density at radius 3 is 2.52 bits per heavy atom. The molecule has 11 heteroatoms. The highest BCUT2D eigenvalue weighted by molar-refractivity contribution is 6.24. The van der Waals surface area contributed by atoms with Crippen molar-refractivity contribution in [3.63, 3.8) is 0 Å². The topological polar surface area (TPSA) is 178 Å². The van der Waals surface area contributed by atoms with Gasteiger partial charge in [-0.1, -0.05) is 12.5 Å². The Morgan fingerprint density at radius 2 is 1.86 bits per heavy atom. The molecule has 11 nitrogen and oxygen atoms in total. The number of rotatable bonds is 5. The molecule has 2 heterocycles. The molecule has 1 saturated carbocycles. The molecule has 1 aliphatic heterocycles. The Balaban J connectivity index is 1.44. The molecule has 2 unspecified atom stereocenters. The Labute approximate surface area is 242 Å². The van der Waals surface area contributed by atoms with Gasteiger partial charge in [0.05, 0.1) is 24.4 Å². The first-order valence-corrected chi connectivity index (χ1v) is 14.2. The molecule has 222 valence electrons. The maximum atomic E-state index is 14.0. The van der Waals surface area contributed by atoms with E-state index < -0.39 is 58.0 Å². The number of piperidine rings is 1. The van der Waals surface area contributed by atoms with Gasteiger partial charge < -0.3 is 30.6 Å². The highest BCUT2D eigenvalue weighted by Gasteiger charge is 2.64. The number of phenolic OH excluding ortho intramolecular Hbond substituents is 1. The molecule has 1 aromatic carbocycles.